The summed E-state index contributed by atoms with van der Waals surface area (Å²) in [5.41, 5.74) is 0. The van der Waals surface area contributed by atoms with Crippen LogP contribution < -0.4 is 0 Å². The normalized spacial score (nSPS) is 12.4. The number of hydrogen-bond donors (Lipinski definition) is 0. The Morgan fingerprint density at radius 2 is 0.389 bits per heavy atom. The van der Waals surface area contributed by atoms with Crippen LogP contribution in [-0.2, 0) is 0 Å². The highest BCUT2D eigenvalue weighted by Gasteiger charge is 2.08. The molecular weight excluding hydrogens is 432 g/mol. The molecule has 1 atom stereocenters. The van der Waals surface area contributed by atoms with Gasteiger partial charge in [-0.15, -0.1) is 0 Å². The average molecular weight is 507 g/mol. The maximum atomic E-state index is 2.35. The average Bonchev–Trinajstić information content (AvgIpc) is 2.89. The van der Waals surface area contributed by atoms with Crippen LogP contribution in [0.15, 0.2) is 0 Å². The van der Waals surface area contributed by atoms with Crippen LogP contribution in [0.5, 0.6) is 0 Å². The van der Waals surface area contributed by atoms with Crippen molar-refractivity contribution in [3.63, 3.8) is 0 Å². The zero-order valence-corrected chi connectivity index (χ0v) is 26.2. The van der Waals surface area contributed by atoms with Gasteiger partial charge in [-0.1, -0.05) is 226 Å². The third-order valence-electron chi connectivity index (χ3n) is 8.65. The first-order chi connectivity index (χ1) is 17.8. The van der Waals surface area contributed by atoms with Crippen LogP contribution in [0.3, 0.4) is 0 Å². The molecule has 1 unspecified atom stereocenters. The first-order valence-corrected chi connectivity index (χ1v) is 17.8. The minimum absolute atomic E-state index is 1.04. The van der Waals surface area contributed by atoms with Gasteiger partial charge in [0.05, 0.1) is 0 Å². The lowest BCUT2D eigenvalue weighted by Crippen LogP contribution is -2.01. The minimum Gasteiger partial charge on any atom is -0.0654 e. The summed E-state index contributed by atoms with van der Waals surface area (Å²) in [5, 5.41) is 0. The Balaban J connectivity index is 3.40. The number of rotatable bonds is 32. The van der Waals surface area contributed by atoms with Crippen molar-refractivity contribution in [1.29, 1.82) is 0 Å². The van der Waals surface area contributed by atoms with Crippen LogP contribution in [0, 0.1) is 5.92 Å². The molecule has 0 aromatic carbocycles. The Bertz CT molecular complexity index is 359. The molecule has 0 radical (unpaired) electrons. The molecule has 0 aromatic rings. The molecule has 0 saturated heterocycles. The molecule has 0 aromatic heterocycles. The summed E-state index contributed by atoms with van der Waals surface area (Å²) >= 11 is 0. The van der Waals surface area contributed by atoms with Crippen molar-refractivity contribution in [1.82, 2.24) is 0 Å². The first kappa shape index (κ1) is 36.0. The van der Waals surface area contributed by atoms with Gasteiger partial charge in [-0.25, -0.2) is 0 Å². The molecule has 0 aliphatic rings. The second-order valence-electron chi connectivity index (χ2n) is 12.4. The van der Waals surface area contributed by atoms with Crippen molar-refractivity contribution in [2.45, 2.75) is 226 Å². The van der Waals surface area contributed by atoms with Crippen molar-refractivity contribution in [2.75, 3.05) is 0 Å². The first-order valence-electron chi connectivity index (χ1n) is 17.8. The molecule has 0 aliphatic heterocycles. The molecule has 0 saturated carbocycles. The van der Waals surface area contributed by atoms with Crippen LogP contribution in [0.25, 0.3) is 0 Å². The summed E-state index contributed by atoms with van der Waals surface area (Å²) in [7, 11) is 0. The minimum atomic E-state index is 1.04. The zero-order chi connectivity index (χ0) is 26.2. The van der Waals surface area contributed by atoms with Gasteiger partial charge in [0.15, 0.2) is 0 Å². The van der Waals surface area contributed by atoms with Crippen molar-refractivity contribution >= 4 is 0 Å². The summed E-state index contributed by atoms with van der Waals surface area (Å²) < 4.78 is 0. The summed E-state index contributed by atoms with van der Waals surface area (Å²) in [5.74, 6) is 1.04. The van der Waals surface area contributed by atoms with Crippen molar-refractivity contribution in [2.24, 2.45) is 5.92 Å². The smallest absolute Gasteiger partial charge is 0.0414 e. The fraction of sp³-hybridized carbons (Fsp3) is 1.00. The molecule has 0 aliphatic carbocycles. The molecule has 0 heteroatoms. The van der Waals surface area contributed by atoms with E-state index >= 15 is 0 Å². The SMILES string of the molecule is CCCCCCCCCCCCCCCCCCCCCCC(CCCCC)CCCCCCCC. The Morgan fingerprint density at radius 1 is 0.222 bits per heavy atom. The van der Waals surface area contributed by atoms with E-state index in [0.29, 0.717) is 0 Å². The van der Waals surface area contributed by atoms with E-state index < -0.39 is 0 Å². The van der Waals surface area contributed by atoms with E-state index in [0.717, 1.165) is 5.92 Å². The van der Waals surface area contributed by atoms with Crippen LogP contribution in [0.2, 0.25) is 0 Å². The van der Waals surface area contributed by atoms with Gasteiger partial charge in [0.25, 0.3) is 0 Å². The van der Waals surface area contributed by atoms with Crippen molar-refractivity contribution in [3.05, 3.63) is 0 Å². The molecule has 0 bridgehead atoms. The Labute approximate surface area is 232 Å². The van der Waals surface area contributed by atoms with E-state index in [4.69, 9.17) is 0 Å². The van der Waals surface area contributed by atoms with Crippen LogP contribution in [-0.4, -0.2) is 0 Å². The summed E-state index contributed by atoms with van der Waals surface area (Å²) in [6, 6.07) is 0. The predicted octanol–water partition coefficient (Wildman–Crippen LogP) is 14.1. The van der Waals surface area contributed by atoms with Gasteiger partial charge in [0.1, 0.15) is 0 Å². The maximum Gasteiger partial charge on any atom is -0.0414 e. The highest BCUT2D eigenvalue weighted by molar-refractivity contribution is 4.62. The molecule has 0 fully saturated rings. The molecule has 36 heavy (non-hydrogen) atoms. The van der Waals surface area contributed by atoms with Gasteiger partial charge in [-0.05, 0) is 5.92 Å². The Kier molecular flexibility index (Phi) is 33.0. The predicted molar refractivity (Wildman–Crippen MR) is 168 cm³/mol. The summed E-state index contributed by atoms with van der Waals surface area (Å²) in [4.78, 5) is 0. The molecule has 218 valence electrons. The lowest BCUT2D eigenvalue weighted by Gasteiger charge is -2.17. The fourth-order valence-electron chi connectivity index (χ4n) is 6.02. The van der Waals surface area contributed by atoms with Gasteiger partial charge < -0.3 is 0 Å². The monoisotopic (exact) mass is 507 g/mol. The van der Waals surface area contributed by atoms with Crippen molar-refractivity contribution in [3.8, 4) is 0 Å². The topological polar surface area (TPSA) is 0 Å². The highest BCUT2D eigenvalue weighted by Crippen LogP contribution is 2.24. The quantitative estimate of drug-likeness (QED) is 0.0795. The third-order valence-corrected chi connectivity index (χ3v) is 8.65. The Hall–Kier alpha value is 0. The van der Waals surface area contributed by atoms with Gasteiger partial charge in [-0.3, -0.25) is 0 Å². The molecule has 0 spiro atoms. The second-order valence-corrected chi connectivity index (χ2v) is 12.4. The molecular formula is C36H74. The maximum absolute atomic E-state index is 2.35. The van der Waals surface area contributed by atoms with E-state index in [9.17, 15) is 0 Å². The standard InChI is InChI=1S/C36H74/c1-4-7-10-12-14-15-16-17-18-19-20-21-22-23-24-25-26-27-29-32-35-36(33-30-9-6-3)34-31-28-13-11-8-5-2/h36H,4-35H2,1-3H3. The van der Waals surface area contributed by atoms with Gasteiger partial charge >= 0.3 is 0 Å². The van der Waals surface area contributed by atoms with Crippen LogP contribution >= 0.6 is 0 Å². The lowest BCUT2D eigenvalue weighted by molar-refractivity contribution is 0.367. The van der Waals surface area contributed by atoms with E-state index in [1.807, 2.05) is 0 Å². The van der Waals surface area contributed by atoms with E-state index in [1.165, 1.54) is 205 Å². The number of unbranched alkanes of at least 4 members (excludes halogenated alkanes) is 26. The van der Waals surface area contributed by atoms with Gasteiger partial charge in [-0.2, -0.15) is 0 Å². The van der Waals surface area contributed by atoms with Crippen LogP contribution in [0.4, 0.5) is 0 Å². The molecule has 0 rings (SSSR count). The number of hydrogen-bond acceptors (Lipinski definition) is 0. The zero-order valence-electron chi connectivity index (χ0n) is 26.2. The van der Waals surface area contributed by atoms with Crippen molar-refractivity contribution < 1.29 is 0 Å². The summed E-state index contributed by atoms with van der Waals surface area (Å²) in [6.45, 7) is 6.98. The molecule has 0 amide bonds. The molecule has 0 nitrogen and oxygen atoms in total. The van der Waals surface area contributed by atoms with Crippen LogP contribution in [0.1, 0.15) is 226 Å². The fourth-order valence-corrected chi connectivity index (χ4v) is 6.02. The molecule has 0 heterocycles. The lowest BCUT2D eigenvalue weighted by atomic mass is 9.89. The van der Waals surface area contributed by atoms with Gasteiger partial charge in [0.2, 0.25) is 0 Å². The van der Waals surface area contributed by atoms with E-state index in [-0.39, 0.29) is 0 Å². The second kappa shape index (κ2) is 33.0. The largest absolute Gasteiger partial charge is 0.0654 e. The third kappa shape index (κ3) is 30.2. The van der Waals surface area contributed by atoms with E-state index in [2.05, 4.69) is 20.8 Å². The summed E-state index contributed by atoms with van der Waals surface area (Å²) in [6.07, 6.45) is 47.3. The van der Waals surface area contributed by atoms with E-state index in [1.54, 1.807) is 0 Å². The Morgan fingerprint density at radius 3 is 0.639 bits per heavy atom. The van der Waals surface area contributed by atoms with Gasteiger partial charge in [0, 0.05) is 0 Å². The highest BCUT2D eigenvalue weighted by atomic mass is 14.1. The molecule has 0 N–H and O–H groups in total.